The molecule has 2 N–H and O–H groups in total. The molecular formula is C13H16BrN3O. The van der Waals surface area contributed by atoms with E-state index in [1.165, 1.54) is 0 Å². The van der Waals surface area contributed by atoms with Crippen LogP contribution in [0.5, 0.6) is 0 Å². The van der Waals surface area contributed by atoms with E-state index >= 15 is 0 Å². The van der Waals surface area contributed by atoms with Crippen molar-refractivity contribution >= 4 is 38.6 Å². The van der Waals surface area contributed by atoms with Crippen LogP contribution in [0.4, 0.5) is 5.69 Å². The van der Waals surface area contributed by atoms with Gasteiger partial charge in [-0.05, 0) is 38.0 Å². The molecule has 1 aromatic heterocycles. The second-order valence-electron chi connectivity index (χ2n) is 4.25. The summed E-state index contributed by atoms with van der Waals surface area (Å²) in [6.07, 6.45) is 2.49. The number of aryl methyl sites for hydroxylation is 1. The Bertz CT molecular complexity index is 550. The van der Waals surface area contributed by atoms with Crippen LogP contribution in [0.1, 0.15) is 25.1 Å². The highest BCUT2D eigenvalue weighted by atomic mass is 79.9. The first-order valence-electron chi connectivity index (χ1n) is 6.01. The number of unbranched alkanes of at least 4 members (excludes halogenated alkanes) is 1. The van der Waals surface area contributed by atoms with Gasteiger partial charge in [-0.2, -0.15) is 0 Å². The Balaban J connectivity index is 2.00. The van der Waals surface area contributed by atoms with Crippen molar-refractivity contribution in [3.05, 3.63) is 24.0 Å². The summed E-state index contributed by atoms with van der Waals surface area (Å²) < 4.78 is 0. The Morgan fingerprint density at radius 2 is 2.28 bits per heavy atom. The highest BCUT2D eigenvalue weighted by Crippen LogP contribution is 2.17. The van der Waals surface area contributed by atoms with Crippen molar-refractivity contribution in [1.82, 2.24) is 9.97 Å². The predicted molar refractivity (Wildman–Crippen MR) is 77.1 cm³/mol. The summed E-state index contributed by atoms with van der Waals surface area (Å²) in [6.45, 7) is 1.92. The van der Waals surface area contributed by atoms with Crippen LogP contribution in [0.2, 0.25) is 0 Å². The van der Waals surface area contributed by atoms with E-state index in [1.807, 2.05) is 25.1 Å². The number of H-pyrrole nitrogens is 1. The van der Waals surface area contributed by atoms with Crippen molar-refractivity contribution in [3.63, 3.8) is 0 Å². The summed E-state index contributed by atoms with van der Waals surface area (Å²) >= 11 is 3.35. The minimum Gasteiger partial charge on any atom is -0.342 e. The van der Waals surface area contributed by atoms with Crippen LogP contribution in [0.25, 0.3) is 11.0 Å². The van der Waals surface area contributed by atoms with Crippen LogP contribution < -0.4 is 5.32 Å². The van der Waals surface area contributed by atoms with Gasteiger partial charge in [0.05, 0.1) is 11.0 Å². The number of hydrogen-bond acceptors (Lipinski definition) is 2. The minimum absolute atomic E-state index is 0.0616. The first-order chi connectivity index (χ1) is 8.69. The molecule has 0 spiro atoms. The summed E-state index contributed by atoms with van der Waals surface area (Å²) in [5, 5.41) is 3.84. The number of nitrogens with zero attached hydrogens (tertiary/aromatic N) is 1. The van der Waals surface area contributed by atoms with Crippen molar-refractivity contribution in [3.8, 4) is 0 Å². The van der Waals surface area contributed by atoms with Gasteiger partial charge in [0.1, 0.15) is 5.82 Å². The molecule has 0 radical (unpaired) electrons. The molecule has 0 aliphatic rings. The third-order valence-corrected chi connectivity index (χ3v) is 3.23. The molecule has 0 aliphatic heterocycles. The van der Waals surface area contributed by atoms with Crippen LogP contribution in [-0.2, 0) is 4.79 Å². The quantitative estimate of drug-likeness (QED) is 0.657. The highest BCUT2D eigenvalue weighted by molar-refractivity contribution is 9.09. The monoisotopic (exact) mass is 309 g/mol. The van der Waals surface area contributed by atoms with Gasteiger partial charge in [-0.1, -0.05) is 15.9 Å². The molecule has 0 atom stereocenters. The highest BCUT2D eigenvalue weighted by Gasteiger charge is 2.04. The molecular weight excluding hydrogens is 294 g/mol. The lowest BCUT2D eigenvalue weighted by Gasteiger charge is -2.04. The van der Waals surface area contributed by atoms with E-state index in [4.69, 9.17) is 0 Å². The molecule has 1 amide bonds. The zero-order valence-electron chi connectivity index (χ0n) is 10.3. The Morgan fingerprint density at radius 3 is 3.06 bits per heavy atom. The maximum absolute atomic E-state index is 11.7. The lowest BCUT2D eigenvalue weighted by molar-refractivity contribution is -0.116. The summed E-state index contributed by atoms with van der Waals surface area (Å²) in [6, 6.07) is 5.70. The van der Waals surface area contributed by atoms with E-state index in [1.54, 1.807) is 0 Å². The molecule has 0 aliphatic carbocycles. The van der Waals surface area contributed by atoms with E-state index < -0.39 is 0 Å². The molecule has 0 fully saturated rings. The van der Waals surface area contributed by atoms with Crippen LogP contribution >= 0.6 is 15.9 Å². The van der Waals surface area contributed by atoms with Crippen molar-refractivity contribution < 1.29 is 4.79 Å². The van der Waals surface area contributed by atoms with Gasteiger partial charge in [-0.15, -0.1) is 0 Å². The van der Waals surface area contributed by atoms with Crippen molar-refractivity contribution in [2.45, 2.75) is 26.2 Å². The second kappa shape index (κ2) is 6.00. The first kappa shape index (κ1) is 13.1. The maximum atomic E-state index is 11.7. The number of imidazole rings is 1. The SMILES string of the molecule is Cc1nc2ccc(NC(=O)CCCCBr)cc2[nH]1. The number of rotatable bonds is 5. The van der Waals surface area contributed by atoms with E-state index in [-0.39, 0.29) is 5.91 Å². The molecule has 1 heterocycles. The smallest absolute Gasteiger partial charge is 0.224 e. The minimum atomic E-state index is 0.0616. The van der Waals surface area contributed by atoms with Gasteiger partial charge in [0.25, 0.3) is 0 Å². The van der Waals surface area contributed by atoms with Crippen LogP contribution in [-0.4, -0.2) is 21.2 Å². The summed E-state index contributed by atoms with van der Waals surface area (Å²) in [7, 11) is 0. The first-order valence-corrected chi connectivity index (χ1v) is 7.13. The fourth-order valence-electron chi connectivity index (χ4n) is 1.82. The number of hydrogen-bond donors (Lipinski definition) is 2. The number of aromatic amines is 1. The number of benzene rings is 1. The number of anilines is 1. The second-order valence-corrected chi connectivity index (χ2v) is 5.04. The third-order valence-electron chi connectivity index (χ3n) is 2.67. The molecule has 0 unspecified atom stereocenters. The number of aromatic nitrogens is 2. The topological polar surface area (TPSA) is 57.8 Å². The fourth-order valence-corrected chi connectivity index (χ4v) is 2.21. The van der Waals surface area contributed by atoms with Gasteiger partial charge in [-0.3, -0.25) is 4.79 Å². The third kappa shape index (κ3) is 3.32. The van der Waals surface area contributed by atoms with Crippen molar-refractivity contribution in [2.24, 2.45) is 0 Å². The maximum Gasteiger partial charge on any atom is 0.224 e. The van der Waals surface area contributed by atoms with Gasteiger partial charge in [-0.25, -0.2) is 4.98 Å². The molecule has 4 nitrogen and oxygen atoms in total. The van der Waals surface area contributed by atoms with Crippen LogP contribution in [0, 0.1) is 6.92 Å². The van der Waals surface area contributed by atoms with Gasteiger partial charge in [0.15, 0.2) is 0 Å². The average Bonchev–Trinajstić information content (AvgIpc) is 2.69. The number of carbonyl (C=O) groups is 1. The van der Waals surface area contributed by atoms with Crippen LogP contribution in [0.3, 0.4) is 0 Å². The average molecular weight is 310 g/mol. The number of alkyl halides is 1. The predicted octanol–water partition coefficient (Wildman–Crippen LogP) is 3.38. The summed E-state index contributed by atoms with van der Waals surface area (Å²) in [5.74, 6) is 0.942. The largest absolute Gasteiger partial charge is 0.342 e. The number of carbonyl (C=O) groups excluding carboxylic acids is 1. The van der Waals surface area contributed by atoms with E-state index in [0.29, 0.717) is 6.42 Å². The number of halogens is 1. The molecule has 0 saturated heterocycles. The van der Waals surface area contributed by atoms with Gasteiger partial charge in [0, 0.05) is 17.4 Å². The van der Waals surface area contributed by atoms with Crippen molar-refractivity contribution in [1.29, 1.82) is 0 Å². The van der Waals surface area contributed by atoms with Crippen molar-refractivity contribution in [2.75, 3.05) is 10.6 Å². The molecule has 5 heteroatoms. The lowest BCUT2D eigenvalue weighted by atomic mass is 10.2. The summed E-state index contributed by atoms with van der Waals surface area (Å²) in [4.78, 5) is 19.2. The Kier molecular flexibility index (Phi) is 4.36. The zero-order chi connectivity index (χ0) is 13.0. The standard InChI is InChI=1S/C13H16BrN3O/c1-9-15-11-6-5-10(8-12(11)16-9)17-13(18)4-2-3-7-14/h5-6,8H,2-4,7H2,1H3,(H,15,16)(H,17,18). The molecule has 18 heavy (non-hydrogen) atoms. The zero-order valence-corrected chi connectivity index (χ0v) is 11.9. The number of nitrogens with one attached hydrogen (secondary N) is 2. The summed E-state index contributed by atoms with van der Waals surface area (Å²) in [5.41, 5.74) is 2.69. The normalized spacial score (nSPS) is 10.8. The fraction of sp³-hybridized carbons (Fsp3) is 0.385. The van der Waals surface area contributed by atoms with Gasteiger partial charge in [0.2, 0.25) is 5.91 Å². The van der Waals surface area contributed by atoms with E-state index in [2.05, 4.69) is 31.2 Å². The van der Waals surface area contributed by atoms with Gasteiger partial charge < -0.3 is 10.3 Å². The van der Waals surface area contributed by atoms with Gasteiger partial charge >= 0.3 is 0 Å². The van der Waals surface area contributed by atoms with E-state index in [9.17, 15) is 4.79 Å². The Hall–Kier alpha value is -1.36. The molecule has 2 aromatic rings. The van der Waals surface area contributed by atoms with Crippen LogP contribution in [0.15, 0.2) is 18.2 Å². The molecule has 1 aromatic carbocycles. The van der Waals surface area contributed by atoms with E-state index in [0.717, 1.165) is 40.7 Å². The Labute approximate surface area is 114 Å². The molecule has 0 saturated carbocycles. The molecule has 0 bridgehead atoms. The number of amides is 1. The molecule has 2 rings (SSSR count). The lowest BCUT2D eigenvalue weighted by Crippen LogP contribution is -2.10. The molecule has 96 valence electrons. The Morgan fingerprint density at radius 1 is 1.44 bits per heavy atom. The number of fused-ring (bicyclic) bond motifs is 1.